The Labute approximate surface area is 164 Å². The SMILES string of the molecule is CC(C)(CCCOc1cc(-c2cc(N)c(F)cc2F)cc(Cl)n1)[Si](C)(C)O. The Balaban J connectivity index is 2.11. The Morgan fingerprint density at radius 1 is 1.19 bits per heavy atom. The molecule has 1 aromatic heterocycles. The van der Waals surface area contributed by atoms with Crippen LogP contribution in [0.1, 0.15) is 26.7 Å². The molecular weight excluding hydrogens is 390 g/mol. The molecule has 2 aromatic rings. The maximum atomic E-state index is 14.1. The smallest absolute Gasteiger partial charge is 0.215 e. The first kappa shape index (κ1) is 21.6. The number of rotatable bonds is 7. The van der Waals surface area contributed by atoms with Gasteiger partial charge < -0.3 is 15.3 Å². The first-order valence-electron chi connectivity index (χ1n) is 8.68. The monoisotopic (exact) mass is 414 g/mol. The van der Waals surface area contributed by atoms with Crippen LogP contribution in [0.3, 0.4) is 0 Å². The van der Waals surface area contributed by atoms with E-state index < -0.39 is 20.0 Å². The Bertz CT molecular complexity index is 826. The minimum absolute atomic E-state index is 0.122. The van der Waals surface area contributed by atoms with Crippen molar-refractivity contribution in [2.45, 2.75) is 44.8 Å². The van der Waals surface area contributed by atoms with Gasteiger partial charge in [-0.25, -0.2) is 13.8 Å². The van der Waals surface area contributed by atoms with E-state index in [2.05, 4.69) is 18.8 Å². The van der Waals surface area contributed by atoms with Crippen LogP contribution >= 0.6 is 11.6 Å². The van der Waals surface area contributed by atoms with Gasteiger partial charge in [0.1, 0.15) is 16.8 Å². The summed E-state index contributed by atoms with van der Waals surface area (Å²) in [6, 6.07) is 4.96. The normalized spacial score (nSPS) is 12.3. The average molecular weight is 415 g/mol. The van der Waals surface area contributed by atoms with Crippen LogP contribution in [-0.2, 0) is 0 Å². The summed E-state index contributed by atoms with van der Waals surface area (Å²) in [7, 11) is -2.27. The van der Waals surface area contributed by atoms with Crippen molar-refractivity contribution in [1.82, 2.24) is 4.98 Å². The number of ether oxygens (including phenoxy) is 1. The van der Waals surface area contributed by atoms with Crippen molar-refractivity contribution >= 4 is 25.6 Å². The summed E-state index contributed by atoms with van der Waals surface area (Å²) in [5.41, 5.74) is 5.91. The maximum Gasteiger partial charge on any atom is 0.215 e. The van der Waals surface area contributed by atoms with Crippen molar-refractivity contribution in [3.05, 3.63) is 41.1 Å². The number of hydrogen-bond donors (Lipinski definition) is 2. The minimum Gasteiger partial charge on any atom is -0.478 e. The van der Waals surface area contributed by atoms with E-state index in [1.165, 1.54) is 18.2 Å². The van der Waals surface area contributed by atoms with Gasteiger partial charge in [-0.2, -0.15) is 0 Å². The molecule has 8 heteroatoms. The Hall–Kier alpha value is -1.70. The molecule has 0 aliphatic heterocycles. The second kappa shape index (κ2) is 8.12. The number of nitrogen functional groups attached to an aromatic ring is 1. The van der Waals surface area contributed by atoms with Crippen molar-refractivity contribution in [3.63, 3.8) is 0 Å². The highest BCUT2D eigenvalue weighted by Gasteiger charge is 2.37. The van der Waals surface area contributed by atoms with Crippen molar-refractivity contribution < 1.29 is 18.3 Å². The summed E-state index contributed by atoms with van der Waals surface area (Å²) in [6.07, 6.45) is 1.53. The van der Waals surface area contributed by atoms with E-state index in [1.54, 1.807) is 0 Å². The van der Waals surface area contributed by atoms with Crippen LogP contribution in [0.25, 0.3) is 11.1 Å². The van der Waals surface area contributed by atoms with Crippen LogP contribution in [0.5, 0.6) is 5.88 Å². The van der Waals surface area contributed by atoms with Gasteiger partial charge >= 0.3 is 0 Å². The minimum atomic E-state index is -2.27. The van der Waals surface area contributed by atoms with E-state index in [9.17, 15) is 13.6 Å². The molecular formula is C19H25ClF2N2O2Si. The predicted octanol–water partition coefficient (Wildman–Crippen LogP) is 5.40. The Morgan fingerprint density at radius 3 is 2.48 bits per heavy atom. The number of anilines is 1. The number of hydrogen-bond acceptors (Lipinski definition) is 4. The Kier molecular flexibility index (Phi) is 6.50. The van der Waals surface area contributed by atoms with Gasteiger partial charge in [-0.3, -0.25) is 0 Å². The zero-order valence-corrected chi connectivity index (χ0v) is 17.7. The lowest BCUT2D eigenvalue weighted by molar-refractivity contribution is 0.284. The molecule has 27 heavy (non-hydrogen) atoms. The molecule has 0 saturated heterocycles. The van der Waals surface area contributed by atoms with E-state index in [-0.39, 0.29) is 27.3 Å². The van der Waals surface area contributed by atoms with E-state index in [1.807, 2.05) is 13.1 Å². The fraction of sp³-hybridized carbons (Fsp3) is 0.421. The molecule has 4 nitrogen and oxygen atoms in total. The molecule has 0 unspecified atom stereocenters. The number of benzene rings is 1. The summed E-state index contributed by atoms with van der Waals surface area (Å²) < 4.78 is 33.1. The summed E-state index contributed by atoms with van der Waals surface area (Å²) in [5, 5.41) is -0.00747. The van der Waals surface area contributed by atoms with Crippen molar-refractivity contribution in [2.75, 3.05) is 12.3 Å². The molecule has 0 bridgehead atoms. The summed E-state index contributed by atoms with van der Waals surface area (Å²) in [5.74, 6) is -1.31. The van der Waals surface area contributed by atoms with Gasteiger partial charge in [-0.1, -0.05) is 25.4 Å². The van der Waals surface area contributed by atoms with Crippen molar-refractivity contribution in [1.29, 1.82) is 0 Å². The Morgan fingerprint density at radius 2 is 1.85 bits per heavy atom. The third kappa shape index (κ3) is 5.40. The van der Waals surface area contributed by atoms with Gasteiger partial charge in [0.2, 0.25) is 5.88 Å². The molecule has 0 aliphatic rings. The number of halogens is 3. The third-order valence-corrected chi connectivity index (χ3v) is 8.78. The van der Waals surface area contributed by atoms with Gasteiger partial charge in [0.25, 0.3) is 0 Å². The molecule has 0 fully saturated rings. The highest BCUT2D eigenvalue weighted by Crippen LogP contribution is 2.39. The third-order valence-electron chi connectivity index (χ3n) is 5.02. The number of pyridine rings is 1. The van der Waals surface area contributed by atoms with Crippen LogP contribution < -0.4 is 10.5 Å². The van der Waals surface area contributed by atoms with Gasteiger partial charge in [-0.05, 0) is 48.7 Å². The van der Waals surface area contributed by atoms with Gasteiger partial charge in [0.05, 0.1) is 12.3 Å². The average Bonchev–Trinajstić information content (AvgIpc) is 2.53. The summed E-state index contributed by atoms with van der Waals surface area (Å²) in [6.45, 7) is 8.32. The first-order valence-corrected chi connectivity index (χ1v) is 12.0. The van der Waals surface area contributed by atoms with Crippen LogP contribution in [0, 0.1) is 11.6 Å². The van der Waals surface area contributed by atoms with E-state index in [4.69, 9.17) is 22.1 Å². The zero-order valence-electron chi connectivity index (χ0n) is 15.9. The lowest BCUT2D eigenvalue weighted by Crippen LogP contribution is -2.39. The molecule has 0 amide bonds. The fourth-order valence-electron chi connectivity index (χ4n) is 2.49. The van der Waals surface area contributed by atoms with Crippen LogP contribution in [0.2, 0.25) is 23.3 Å². The molecule has 2 rings (SSSR count). The van der Waals surface area contributed by atoms with Crippen LogP contribution in [0.4, 0.5) is 14.5 Å². The second-order valence-corrected chi connectivity index (χ2v) is 12.6. The predicted molar refractivity (Wildman–Crippen MR) is 107 cm³/mol. The number of aromatic nitrogens is 1. The van der Waals surface area contributed by atoms with Crippen molar-refractivity contribution in [3.8, 4) is 17.0 Å². The molecule has 1 heterocycles. The maximum absolute atomic E-state index is 14.1. The van der Waals surface area contributed by atoms with Gasteiger partial charge in [0.15, 0.2) is 8.32 Å². The van der Waals surface area contributed by atoms with Crippen LogP contribution in [-0.4, -0.2) is 24.7 Å². The first-order chi connectivity index (χ1) is 12.4. The molecule has 0 radical (unpaired) electrons. The molecule has 0 atom stereocenters. The molecule has 0 saturated carbocycles. The quantitative estimate of drug-likeness (QED) is 0.275. The fourth-order valence-corrected chi connectivity index (χ4v) is 3.48. The zero-order chi connectivity index (χ0) is 20.4. The highest BCUT2D eigenvalue weighted by molar-refractivity contribution is 6.72. The largest absolute Gasteiger partial charge is 0.478 e. The van der Waals surface area contributed by atoms with Gasteiger partial charge in [0, 0.05) is 17.7 Å². The van der Waals surface area contributed by atoms with E-state index in [0.717, 1.165) is 18.9 Å². The molecule has 0 spiro atoms. The lowest BCUT2D eigenvalue weighted by atomic mass is 10.1. The second-order valence-electron chi connectivity index (χ2n) is 7.77. The van der Waals surface area contributed by atoms with E-state index >= 15 is 0 Å². The molecule has 1 aromatic carbocycles. The molecule has 148 valence electrons. The highest BCUT2D eigenvalue weighted by atomic mass is 35.5. The standard InChI is InChI=1S/C19H25ClF2N2O2Si/c1-19(2,27(3,4)25)6-5-7-26-18-9-12(8-17(20)24-18)13-10-16(23)15(22)11-14(13)21/h8-11,25H,5-7,23H2,1-4H3. The summed E-state index contributed by atoms with van der Waals surface area (Å²) >= 11 is 6.02. The molecule has 3 N–H and O–H groups in total. The lowest BCUT2D eigenvalue weighted by Gasteiger charge is -2.35. The summed E-state index contributed by atoms with van der Waals surface area (Å²) in [4.78, 5) is 14.4. The van der Waals surface area contributed by atoms with Crippen molar-refractivity contribution in [2.24, 2.45) is 0 Å². The number of nitrogens with zero attached hydrogens (tertiary/aromatic N) is 1. The van der Waals surface area contributed by atoms with Crippen LogP contribution in [0.15, 0.2) is 24.3 Å². The number of nitrogens with two attached hydrogens (primary N) is 1. The molecule has 0 aliphatic carbocycles. The topological polar surface area (TPSA) is 68.4 Å². The van der Waals surface area contributed by atoms with E-state index in [0.29, 0.717) is 12.2 Å². The van der Waals surface area contributed by atoms with Gasteiger partial charge in [-0.15, -0.1) is 0 Å².